The van der Waals surface area contributed by atoms with E-state index in [2.05, 4.69) is 36.3 Å². The summed E-state index contributed by atoms with van der Waals surface area (Å²) in [6.45, 7) is 5.60. The Kier molecular flexibility index (Phi) is 5.91. The standard InChI is InChI=1S/C21H25BrN6O3/c22-19-18(5-4-17-20(19)23-25-28(17)14-15-2-3-15)30-12-1-7-26-8-10-27(11-9-26)21(29)16-6-13-31-24-16/h4-6,13,15H,1-3,7-12,14H2. The first-order valence-corrected chi connectivity index (χ1v) is 11.5. The minimum atomic E-state index is -0.0639. The van der Waals surface area contributed by atoms with E-state index >= 15 is 0 Å². The second-order valence-electron chi connectivity index (χ2n) is 8.18. The Morgan fingerprint density at radius 1 is 1.19 bits per heavy atom. The maximum atomic E-state index is 12.3. The van der Waals surface area contributed by atoms with Crippen LogP contribution in [0.15, 0.2) is 33.5 Å². The maximum Gasteiger partial charge on any atom is 0.276 e. The number of hydrogen-bond donors (Lipinski definition) is 0. The summed E-state index contributed by atoms with van der Waals surface area (Å²) in [5, 5.41) is 12.4. The molecule has 0 N–H and O–H groups in total. The van der Waals surface area contributed by atoms with Crippen LogP contribution in [0.5, 0.6) is 5.75 Å². The summed E-state index contributed by atoms with van der Waals surface area (Å²) in [7, 11) is 0. The molecule has 1 aromatic carbocycles. The van der Waals surface area contributed by atoms with Gasteiger partial charge in [0.15, 0.2) is 5.69 Å². The normalized spacial score (nSPS) is 17.4. The van der Waals surface area contributed by atoms with E-state index in [0.29, 0.717) is 25.4 Å². The van der Waals surface area contributed by atoms with Gasteiger partial charge < -0.3 is 14.2 Å². The van der Waals surface area contributed by atoms with Crippen molar-refractivity contribution in [2.24, 2.45) is 5.92 Å². The van der Waals surface area contributed by atoms with E-state index in [1.54, 1.807) is 6.07 Å². The summed E-state index contributed by atoms with van der Waals surface area (Å²) in [5.41, 5.74) is 2.27. The molecule has 0 spiro atoms. The fraction of sp³-hybridized carbons (Fsp3) is 0.524. The van der Waals surface area contributed by atoms with Gasteiger partial charge in [-0.2, -0.15) is 0 Å². The smallest absolute Gasteiger partial charge is 0.276 e. The molecule has 2 aromatic heterocycles. The first kappa shape index (κ1) is 20.4. The number of hydrogen-bond acceptors (Lipinski definition) is 7. The molecule has 31 heavy (non-hydrogen) atoms. The van der Waals surface area contributed by atoms with E-state index in [1.807, 2.05) is 21.7 Å². The van der Waals surface area contributed by atoms with Crippen LogP contribution in [0.4, 0.5) is 0 Å². The summed E-state index contributed by atoms with van der Waals surface area (Å²) in [6, 6.07) is 5.64. The number of aromatic nitrogens is 4. The summed E-state index contributed by atoms with van der Waals surface area (Å²) in [4.78, 5) is 16.5. The number of benzene rings is 1. The number of piperazine rings is 1. The van der Waals surface area contributed by atoms with Crippen molar-refractivity contribution in [3.05, 3.63) is 34.6 Å². The van der Waals surface area contributed by atoms with Gasteiger partial charge in [-0.3, -0.25) is 9.69 Å². The van der Waals surface area contributed by atoms with Crippen LogP contribution in [0.3, 0.4) is 0 Å². The number of fused-ring (bicyclic) bond motifs is 1. The fourth-order valence-electron chi connectivity index (χ4n) is 3.91. The molecule has 1 aliphatic heterocycles. The van der Waals surface area contributed by atoms with E-state index in [4.69, 9.17) is 9.26 Å². The molecule has 0 radical (unpaired) electrons. The van der Waals surface area contributed by atoms with Crippen LogP contribution in [-0.4, -0.2) is 75.2 Å². The van der Waals surface area contributed by atoms with Crippen LogP contribution in [0.2, 0.25) is 0 Å². The molecule has 0 unspecified atom stereocenters. The van der Waals surface area contributed by atoms with Crippen LogP contribution >= 0.6 is 15.9 Å². The lowest BCUT2D eigenvalue weighted by Gasteiger charge is -2.34. The molecule has 1 aliphatic carbocycles. The minimum absolute atomic E-state index is 0.0639. The third kappa shape index (κ3) is 4.59. The molecule has 164 valence electrons. The first-order chi connectivity index (χ1) is 15.2. The van der Waals surface area contributed by atoms with Gasteiger partial charge in [0.1, 0.15) is 17.5 Å². The van der Waals surface area contributed by atoms with Gasteiger partial charge in [0.25, 0.3) is 5.91 Å². The van der Waals surface area contributed by atoms with Crippen molar-refractivity contribution in [2.45, 2.75) is 25.8 Å². The molecule has 0 atom stereocenters. The summed E-state index contributed by atoms with van der Waals surface area (Å²) < 4.78 is 13.6. The molecular formula is C21H25BrN6O3. The molecule has 3 aromatic rings. The number of nitrogens with zero attached hydrogens (tertiary/aromatic N) is 6. The Labute approximate surface area is 188 Å². The average Bonchev–Trinajstić information content (AvgIpc) is 3.26. The molecule has 1 amide bonds. The van der Waals surface area contributed by atoms with Crippen molar-refractivity contribution in [3.63, 3.8) is 0 Å². The zero-order chi connectivity index (χ0) is 21.2. The monoisotopic (exact) mass is 488 g/mol. The van der Waals surface area contributed by atoms with Gasteiger partial charge in [-0.1, -0.05) is 10.4 Å². The number of carbonyl (C=O) groups excluding carboxylic acids is 1. The molecule has 5 rings (SSSR count). The maximum absolute atomic E-state index is 12.3. The number of rotatable bonds is 8. The second-order valence-corrected chi connectivity index (χ2v) is 8.97. The van der Waals surface area contributed by atoms with E-state index in [0.717, 1.165) is 59.8 Å². The highest BCUT2D eigenvalue weighted by Crippen LogP contribution is 2.34. The van der Waals surface area contributed by atoms with Crippen molar-refractivity contribution in [1.29, 1.82) is 0 Å². The number of halogens is 1. The van der Waals surface area contributed by atoms with Crippen molar-refractivity contribution >= 4 is 32.9 Å². The van der Waals surface area contributed by atoms with E-state index in [1.165, 1.54) is 19.1 Å². The summed E-state index contributed by atoms with van der Waals surface area (Å²) in [6.07, 6.45) is 4.92. The van der Waals surface area contributed by atoms with E-state index in [-0.39, 0.29) is 5.91 Å². The van der Waals surface area contributed by atoms with Crippen molar-refractivity contribution < 1.29 is 14.1 Å². The molecule has 2 fully saturated rings. The highest BCUT2D eigenvalue weighted by molar-refractivity contribution is 9.10. The molecule has 1 saturated carbocycles. The molecule has 9 nitrogen and oxygen atoms in total. The van der Waals surface area contributed by atoms with Gasteiger partial charge in [-0.05, 0) is 53.2 Å². The third-order valence-corrected chi connectivity index (χ3v) is 6.68. The predicted octanol–water partition coefficient (Wildman–Crippen LogP) is 2.82. The van der Waals surface area contributed by atoms with Crippen molar-refractivity contribution in [1.82, 2.24) is 30.0 Å². The lowest BCUT2D eigenvalue weighted by atomic mass is 10.2. The Morgan fingerprint density at radius 2 is 2.03 bits per heavy atom. The lowest BCUT2D eigenvalue weighted by molar-refractivity contribution is 0.0620. The second kappa shape index (κ2) is 8.96. The Hall–Kier alpha value is -2.46. The first-order valence-electron chi connectivity index (χ1n) is 10.8. The van der Waals surface area contributed by atoms with Crippen LogP contribution in [0.25, 0.3) is 11.0 Å². The number of ether oxygens (including phenoxy) is 1. The summed E-state index contributed by atoms with van der Waals surface area (Å²) >= 11 is 3.64. The van der Waals surface area contributed by atoms with Gasteiger partial charge in [-0.25, -0.2) is 4.68 Å². The minimum Gasteiger partial charge on any atom is -0.492 e. The molecule has 2 aliphatic rings. The fourth-order valence-corrected chi connectivity index (χ4v) is 4.44. The highest BCUT2D eigenvalue weighted by Gasteiger charge is 2.25. The number of amides is 1. The van der Waals surface area contributed by atoms with Crippen molar-refractivity contribution in [2.75, 3.05) is 39.3 Å². The Morgan fingerprint density at radius 3 is 2.77 bits per heavy atom. The average molecular weight is 489 g/mol. The van der Waals surface area contributed by atoms with Gasteiger partial charge in [-0.15, -0.1) is 5.10 Å². The molecule has 0 bridgehead atoms. The quantitative estimate of drug-likeness (QED) is 0.450. The largest absolute Gasteiger partial charge is 0.492 e. The zero-order valence-corrected chi connectivity index (χ0v) is 18.8. The Balaban J connectivity index is 1.07. The molecule has 1 saturated heterocycles. The van der Waals surface area contributed by atoms with Crippen LogP contribution in [0.1, 0.15) is 29.8 Å². The third-order valence-electron chi connectivity index (χ3n) is 5.91. The molecule has 3 heterocycles. The topological polar surface area (TPSA) is 89.5 Å². The molecule has 10 heteroatoms. The van der Waals surface area contributed by atoms with E-state index < -0.39 is 0 Å². The van der Waals surface area contributed by atoms with Gasteiger partial charge in [0, 0.05) is 45.3 Å². The summed E-state index contributed by atoms with van der Waals surface area (Å²) in [5.74, 6) is 1.49. The van der Waals surface area contributed by atoms with Crippen LogP contribution in [0, 0.1) is 5.92 Å². The predicted molar refractivity (Wildman–Crippen MR) is 117 cm³/mol. The van der Waals surface area contributed by atoms with Crippen LogP contribution < -0.4 is 4.74 Å². The van der Waals surface area contributed by atoms with Gasteiger partial charge in [0.2, 0.25) is 0 Å². The lowest BCUT2D eigenvalue weighted by Crippen LogP contribution is -2.49. The van der Waals surface area contributed by atoms with Gasteiger partial charge >= 0.3 is 0 Å². The molecular weight excluding hydrogens is 464 g/mol. The van der Waals surface area contributed by atoms with Gasteiger partial charge in [0.05, 0.1) is 16.6 Å². The zero-order valence-electron chi connectivity index (χ0n) is 17.2. The van der Waals surface area contributed by atoms with Crippen LogP contribution in [-0.2, 0) is 6.54 Å². The number of carbonyl (C=O) groups is 1. The Bertz CT molecular complexity index is 1040. The highest BCUT2D eigenvalue weighted by atomic mass is 79.9. The SMILES string of the molecule is O=C(c1ccon1)N1CCN(CCCOc2ccc3c(nnn3CC3CC3)c2Br)CC1. The van der Waals surface area contributed by atoms with E-state index in [9.17, 15) is 4.79 Å². The van der Waals surface area contributed by atoms with Crippen molar-refractivity contribution in [3.8, 4) is 5.75 Å².